The Hall–Kier alpha value is -8.67. The van der Waals surface area contributed by atoms with Gasteiger partial charge in [-0.15, -0.1) is 0 Å². The van der Waals surface area contributed by atoms with E-state index < -0.39 is 0 Å². The second-order valence-corrected chi connectivity index (χ2v) is 16.0. The molecule has 0 saturated carbocycles. The van der Waals surface area contributed by atoms with Gasteiger partial charge in [-0.25, -0.2) is 24.9 Å². The van der Waals surface area contributed by atoms with Gasteiger partial charge in [-0.05, 0) is 34.5 Å². The Morgan fingerprint density at radius 2 is 0.766 bits per heavy atom. The van der Waals surface area contributed by atoms with Crippen molar-refractivity contribution in [3.05, 3.63) is 224 Å². The zero-order chi connectivity index (χ0) is 42.4. The highest BCUT2D eigenvalue weighted by molar-refractivity contribution is 6.24. The number of aromatic nitrogens is 5. The molecular weight excluding hydrogens is 779 g/mol. The van der Waals surface area contributed by atoms with Crippen LogP contribution in [0, 0.1) is 0 Å². The normalized spacial score (nSPS) is 11.4. The fraction of sp³-hybridized carbons (Fsp3) is 0. The van der Waals surface area contributed by atoms with Gasteiger partial charge in [0.1, 0.15) is 0 Å². The quantitative estimate of drug-likeness (QED) is 0.150. The van der Waals surface area contributed by atoms with Crippen LogP contribution in [0.1, 0.15) is 0 Å². The van der Waals surface area contributed by atoms with Gasteiger partial charge in [0, 0.05) is 55.1 Å². The Balaban J connectivity index is 1.14. The highest BCUT2D eigenvalue weighted by Gasteiger charge is 2.23. The topological polar surface area (TPSA) is 64.5 Å². The van der Waals surface area contributed by atoms with Gasteiger partial charge in [-0.3, -0.25) is 0 Å². The molecule has 0 aliphatic carbocycles. The largest absolute Gasteiger partial charge is 0.247 e. The maximum absolute atomic E-state index is 5.72. The minimum Gasteiger partial charge on any atom is -0.247 e. The average Bonchev–Trinajstić information content (AvgIpc) is 3.38. The number of hydrogen-bond donors (Lipinski definition) is 0. The number of fused-ring (bicyclic) bond motifs is 6. The number of hydrogen-bond acceptors (Lipinski definition) is 5. The molecule has 0 fully saturated rings. The molecule has 9 aromatic carbocycles. The van der Waals surface area contributed by atoms with Gasteiger partial charge in [-0.2, -0.15) is 0 Å². The monoisotopic (exact) mass is 815 g/mol. The van der Waals surface area contributed by atoms with Crippen LogP contribution in [0.25, 0.3) is 122 Å². The third-order valence-corrected chi connectivity index (χ3v) is 12.1. The molecule has 3 aromatic heterocycles. The minimum atomic E-state index is 0.681. The van der Waals surface area contributed by atoms with Gasteiger partial charge in [0.15, 0.2) is 5.82 Å². The summed E-state index contributed by atoms with van der Waals surface area (Å²) in [6.07, 6.45) is 0. The molecule has 0 unspecified atom stereocenters. The van der Waals surface area contributed by atoms with Crippen molar-refractivity contribution in [3.8, 4) is 78.8 Å². The molecule has 0 aliphatic rings. The minimum absolute atomic E-state index is 0.681. The molecule has 0 bridgehead atoms. The Labute approximate surface area is 370 Å². The Bertz CT molecular complexity index is 3620. The average molecular weight is 816 g/mol. The van der Waals surface area contributed by atoms with E-state index in [2.05, 4.69) is 176 Å². The highest BCUT2D eigenvalue weighted by Crippen LogP contribution is 2.44. The maximum Gasteiger partial charge on any atom is 0.160 e. The summed E-state index contributed by atoms with van der Waals surface area (Å²) in [7, 11) is 0. The van der Waals surface area contributed by atoms with Gasteiger partial charge < -0.3 is 0 Å². The molecule has 0 spiro atoms. The fourth-order valence-corrected chi connectivity index (χ4v) is 8.97. The number of benzene rings is 9. The van der Waals surface area contributed by atoms with E-state index in [9.17, 15) is 0 Å². The molecule has 0 radical (unpaired) electrons. The third-order valence-electron chi connectivity index (χ3n) is 12.1. The number of pyridine rings is 1. The molecule has 298 valence electrons. The molecule has 0 amide bonds. The van der Waals surface area contributed by atoms with Crippen molar-refractivity contribution in [3.63, 3.8) is 0 Å². The number of nitrogens with zero attached hydrogens (tertiary/aromatic N) is 5. The first-order chi connectivity index (χ1) is 31.7. The van der Waals surface area contributed by atoms with Gasteiger partial charge in [0.25, 0.3) is 0 Å². The van der Waals surface area contributed by atoms with Crippen molar-refractivity contribution in [1.82, 2.24) is 24.9 Å². The van der Waals surface area contributed by atoms with Crippen LogP contribution in [-0.2, 0) is 0 Å². The summed E-state index contributed by atoms with van der Waals surface area (Å²) in [5, 5.41) is 5.37. The lowest BCUT2D eigenvalue weighted by Gasteiger charge is -2.18. The Morgan fingerprint density at radius 3 is 1.42 bits per heavy atom. The van der Waals surface area contributed by atoms with Crippen LogP contribution < -0.4 is 0 Å². The summed E-state index contributed by atoms with van der Waals surface area (Å²) in [4.78, 5) is 27.0. The first-order valence-corrected chi connectivity index (χ1v) is 21.5. The SMILES string of the molecule is c1ccc(-c2cc(-c3ccc(-c4cc5c(-c6cccc7ccccc67)nc6ccccc6c5c5nc(-c6ccccc6)c(-c6ccccc6)nc45)cc3)nc(-c3ccccc3)n2)cc1. The van der Waals surface area contributed by atoms with E-state index in [0.717, 1.165) is 116 Å². The first-order valence-electron chi connectivity index (χ1n) is 21.5. The standard InChI is InChI=1S/C59H37N5/c1-5-19-40(20-6-1)51-37-52(62-59(61-51)44-25-11-4-12-26-44)41-34-32-39(33-35-41)48-36-49-53(47-29-15-16-31-50(47)60-56(49)46-30-17-27-38-18-13-14-28-45(38)46)58-57(48)63-54(42-21-7-2-8-22-42)55(64-58)43-23-9-3-10-24-43/h1-37H. The van der Waals surface area contributed by atoms with E-state index >= 15 is 0 Å². The summed E-state index contributed by atoms with van der Waals surface area (Å²) in [6, 6.07) is 77.7. The lowest BCUT2D eigenvalue weighted by atomic mass is 9.91. The van der Waals surface area contributed by atoms with Crippen LogP contribution in [-0.4, -0.2) is 24.9 Å². The zero-order valence-electron chi connectivity index (χ0n) is 34.6. The van der Waals surface area contributed by atoms with Gasteiger partial charge in [0.05, 0.1) is 45.0 Å². The van der Waals surface area contributed by atoms with Gasteiger partial charge in [-0.1, -0.05) is 206 Å². The molecule has 0 aliphatic heterocycles. The van der Waals surface area contributed by atoms with E-state index in [1.807, 2.05) is 48.5 Å². The lowest BCUT2D eigenvalue weighted by molar-refractivity contribution is 1.18. The van der Waals surface area contributed by atoms with Crippen molar-refractivity contribution in [2.75, 3.05) is 0 Å². The molecule has 64 heavy (non-hydrogen) atoms. The highest BCUT2D eigenvalue weighted by atomic mass is 14.9. The van der Waals surface area contributed by atoms with Crippen LogP contribution in [0.15, 0.2) is 224 Å². The molecule has 5 heteroatoms. The second kappa shape index (κ2) is 15.7. The molecule has 0 N–H and O–H groups in total. The van der Waals surface area contributed by atoms with E-state index in [1.54, 1.807) is 0 Å². The summed E-state index contributed by atoms with van der Waals surface area (Å²) in [6.45, 7) is 0. The van der Waals surface area contributed by atoms with Crippen LogP contribution in [0.4, 0.5) is 0 Å². The van der Waals surface area contributed by atoms with Gasteiger partial charge >= 0.3 is 0 Å². The third kappa shape index (κ3) is 6.55. The first kappa shape index (κ1) is 37.1. The molecule has 12 aromatic rings. The van der Waals surface area contributed by atoms with Gasteiger partial charge in [0.2, 0.25) is 0 Å². The molecule has 0 atom stereocenters. The fourth-order valence-electron chi connectivity index (χ4n) is 8.97. The van der Waals surface area contributed by atoms with Crippen LogP contribution >= 0.6 is 0 Å². The van der Waals surface area contributed by atoms with E-state index in [1.165, 1.54) is 0 Å². The van der Waals surface area contributed by atoms with E-state index in [0.29, 0.717) is 5.82 Å². The molecule has 5 nitrogen and oxygen atoms in total. The van der Waals surface area contributed by atoms with Crippen molar-refractivity contribution in [2.24, 2.45) is 0 Å². The molecule has 12 rings (SSSR count). The van der Waals surface area contributed by atoms with Crippen LogP contribution in [0.5, 0.6) is 0 Å². The zero-order valence-corrected chi connectivity index (χ0v) is 34.6. The Morgan fingerprint density at radius 1 is 0.266 bits per heavy atom. The van der Waals surface area contributed by atoms with E-state index in [4.69, 9.17) is 24.9 Å². The molecular formula is C59H37N5. The molecule has 0 saturated heterocycles. The van der Waals surface area contributed by atoms with Crippen molar-refractivity contribution >= 4 is 43.5 Å². The number of rotatable bonds is 7. The Kier molecular flexibility index (Phi) is 9.08. The van der Waals surface area contributed by atoms with Crippen LogP contribution in [0.3, 0.4) is 0 Å². The smallest absolute Gasteiger partial charge is 0.160 e. The number of para-hydroxylation sites is 1. The molecule has 3 heterocycles. The van der Waals surface area contributed by atoms with Crippen molar-refractivity contribution in [1.29, 1.82) is 0 Å². The van der Waals surface area contributed by atoms with Crippen molar-refractivity contribution < 1.29 is 0 Å². The predicted octanol–water partition coefficient (Wildman–Crippen LogP) is 14.9. The van der Waals surface area contributed by atoms with Crippen molar-refractivity contribution in [2.45, 2.75) is 0 Å². The predicted molar refractivity (Wildman–Crippen MR) is 263 cm³/mol. The summed E-state index contributed by atoms with van der Waals surface area (Å²) in [5.41, 5.74) is 14.8. The second-order valence-electron chi connectivity index (χ2n) is 16.0. The van der Waals surface area contributed by atoms with E-state index in [-0.39, 0.29) is 0 Å². The maximum atomic E-state index is 5.72. The summed E-state index contributed by atoms with van der Waals surface area (Å²) < 4.78 is 0. The summed E-state index contributed by atoms with van der Waals surface area (Å²) >= 11 is 0. The lowest BCUT2D eigenvalue weighted by Crippen LogP contribution is -2.00. The summed E-state index contributed by atoms with van der Waals surface area (Å²) in [5.74, 6) is 0.681. The van der Waals surface area contributed by atoms with Crippen LogP contribution in [0.2, 0.25) is 0 Å².